The minimum absolute atomic E-state index is 0.0161. The minimum Gasteiger partial charge on any atom is -0.508 e. The van der Waals surface area contributed by atoms with E-state index < -0.39 is 243 Å². The van der Waals surface area contributed by atoms with E-state index in [-0.39, 0.29) is 119 Å². The number of ketones is 4. The van der Waals surface area contributed by atoms with Gasteiger partial charge in [-0.25, -0.2) is 31.9 Å². The van der Waals surface area contributed by atoms with Crippen LogP contribution in [0.5, 0.6) is 11.5 Å². The van der Waals surface area contributed by atoms with E-state index in [4.69, 9.17) is 34.2 Å². The van der Waals surface area contributed by atoms with Gasteiger partial charge < -0.3 is 117 Å². The number of unbranched alkanes of at least 4 members (excludes halogenated alkanes) is 2. The predicted molar refractivity (Wildman–Crippen MR) is 425 cm³/mol. The molecule has 0 saturated heterocycles. The zero-order chi connectivity index (χ0) is 90.2. The van der Waals surface area contributed by atoms with Crippen molar-refractivity contribution in [3.8, 4) is 11.5 Å². The fraction of sp³-hybridized carbons (Fsp3) is 0.520. The number of nitrogens with one attached hydrogen (secondary N) is 16. The van der Waals surface area contributed by atoms with Gasteiger partial charge in [-0.05, 0) is 143 Å². The number of Topliss-reactive ketones (excluding diaryl/α,β-unsaturated/α-hetero) is 4. The van der Waals surface area contributed by atoms with Gasteiger partial charge in [0.25, 0.3) is 0 Å². The number of aromatic hydroxyl groups is 2. The number of aliphatic hydroxyl groups is 3. The Hall–Kier alpha value is -12.1. The van der Waals surface area contributed by atoms with E-state index in [0.717, 1.165) is 0 Å². The Kier molecular flexibility index (Phi) is 43.5. The predicted octanol–water partition coefficient (Wildman–Crippen LogP) is -9.73. The molecule has 3 aromatic rings. The topological polar surface area (TPSA) is 786 Å². The first-order chi connectivity index (χ1) is 57.4. The van der Waals surface area contributed by atoms with Gasteiger partial charge in [0.2, 0.25) is 82.2 Å². The molecule has 14 atom stereocenters. The molecule has 1 aliphatic heterocycles. The number of amides is 10. The third-order valence-electron chi connectivity index (χ3n) is 18.8. The van der Waals surface area contributed by atoms with Crippen molar-refractivity contribution in [1.82, 2.24) is 80.3 Å². The van der Waals surface area contributed by atoms with Crippen LogP contribution >= 0.6 is 0 Å². The number of primary amides is 1. The van der Waals surface area contributed by atoms with Crippen LogP contribution in [0.1, 0.15) is 113 Å². The fourth-order valence-corrected chi connectivity index (χ4v) is 12.3. The van der Waals surface area contributed by atoms with E-state index in [0.29, 0.717) is 11.1 Å². The third-order valence-corrected chi connectivity index (χ3v) is 18.8. The normalized spacial score (nSPS) is 19.5. The lowest BCUT2D eigenvalue weighted by atomic mass is 9.93. The molecule has 0 aliphatic carbocycles. The van der Waals surface area contributed by atoms with Gasteiger partial charge >= 0.3 is 17.9 Å². The Morgan fingerprint density at radius 3 is 1.39 bits per heavy atom. The number of hydrogen-bond donors (Lipinski definition) is 29. The van der Waals surface area contributed by atoms with Crippen molar-refractivity contribution in [3.63, 3.8) is 0 Å². The summed E-state index contributed by atoms with van der Waals surface area (Å²) in [5.74, 6) is -18.9. The van der Waals surface area contributed by atoms with Crippen molar-refractivity contribution in [1.29, 1.82) is 5.41 Å². The lowest BCUT2D eigenvalue weighted by Gasteiger charge is -2.29. The number of carbonyl (C=O) groups excluding carboxylic acids is 14. The van der Waals surface area contributed by atoms with E-state index in [9.17, 15) is 108 Å². The van der Waals surface area contributed by atoms with Crippen LogP contribution < -0.4 is 109 Å². The summed E-state index contributed by atoms with van der Waals surface area (Å²) >= 11 is 0. The Morgan fingerprint density at radius 1 is 0.496 bits per heavy atom. The summed E-state index contributed by atoms with van der Waals surface area (Å²) < 4.78 is 0. The number of benzene rings is 3. The van der Waals surface area contributed by atoms with Crippen LogP contribution in [0.4, 0.5) is 0 Å². The number of guanidine groups is 1. The number of aliphatic hydroxyl groups excluding tert-OH is 3. The van der Waals surface area contributed by atoms with Crippen LogP contribution in [0.25, 0.3) is 0 Å². The summed E-state index contributed by atoms with van der Waals surface area (Å²) in [6, 6.07) is -10.2. The van der Waals surface area contributed by atoms with Crippen molar-refractivity contribution < 1.29 is 122 Å². The highest BCUT2D eigenvalue weighted by molar-refractivity contribution is 6.42. The number of aliphatic carboxylic acids is 3. The molecule has 0 radical (unpaired) electrons. The monoisotopic (exact) mass is 1710 g/mol. The second-order valence-corrected chi connectivity index (χ2v) is 28.9. The number of phenolic OH excluding ortho intramolecular Hbond substituents is 2. The van der Waals surface area contributed by atoms with Crippen LogP contribution in [-0.2, 0) is 107 Å². The standard InChI is InChI=1S/C75H111N21O25/c1-37(2)26-47(92-81)61(107)62(108)48(27-38-15-19-42(100)20-16-38)93-95-54-30-41-11-4-3-10-40(41)29-53(96-94-49(31-58(78)102)63(109)64(110)55(34-97)89-73(119)56(35-98)90-70(116)52(33-60(105)106)87-69(115)51(32-59(103)104)88-72(54)118)71(117)85-44(12-5-7-23-76)65(111)83-45(13-6-8-24-77)66(112)86-50(28-39-17-21-43(101)22-18-39)68(114)84-46(14-9-25-82-75(79)80)67(113)91-57(36-99)74(120)121/h3-4,10-11,15-22,37,44-57,92-101H,5-9,12-14,23-36,76-77,81H2,1-2H3,(H2,78,102)(H,83,111)(H,84,114)(H,85,117)(H,86,112)(H,87,115)(H,88,118)(H,89,119)(H,90,116)(H,91,113)(H,103,104)(H,105,106)(H,120,121)(H4,79,80,82)/t44?,45-,46-,47-,48-,49-,50?,51-,52-,53?,54?,55-,56-,57?/m0/s1. The molecule has 5 unspecified atom stereocenters. The molecule has 1 aliphatic rings. The Morgan fingerprint density at radius 2 is 0.926 bits per heavy atom. The minimum atomic E-state index is -2.30. The number of carboxylic acid groups (broad SMARTS) is 3. The maximum absolute atomic E-state index is 15.6. The molecule has 0 saturated carbocycles. The molecule has 121 heavy (non-hydrogen) atoms. The van der Waals surface area contributed by atoms with Gasteiger partial charge in [-0.3, -0.25) is 88.0 Å². The maximum atomic E-state index is 15.6. The van der Waals surface area contributed by atoms with Crippen LogP contribution in [0, 0.1) is 11.3 Å². The van der Waals surface area contributed by atoms with E-state index >= 15 is 14.4 Å². The number of fused-ring (bicyclic) bond motifs is 1. The Balaban J connectivity index is 2.00. The molecular weight excluding hydrogens is 1590 g/mol. The van der Waals surface area contributed by atoms with Crippen molar-refractivity contribution in [3.05, 3.63) is 95.1 Å². The summed E-state index contributed by atoms with van der Waals surface area (Å²) in [6.45, 7) is -0.343. The second-order valence-electron chi connectivity index (χ2n) is 28.9. The molecule has 3 aromatic carbocycles. The van der Waals surface area contributed by atoms with Crippen LogP contribution in [0.3, 0.4) is 0 Å². The molecule has 0 aromatic heterocycles. The van der Waals surface area contributed by atoms with Crippen LogP contribution in [0.2, 0.25) is 0 Å². The summed E-state index contributed by atoms with van der Waals surface area (Å²) in [6.07, 6.45) is -6.00. The largest absolute Gasteiger partial charge is 0.508 e. The SMILES string of the molecule is CC(C)C[C@H](NN)C(=O)C(=O)[C@H](Cc1ccc(O)cc1)NNC1Cc2ccccc2CC(C(=O)NC(CCCCN)C(=O)N[C@@H](CCCCN)C(=O)NC(Cc2ccc(O)cc2)C(=O)N[C@@H](CCCNC(=N)N)C(=O)NC(CO)C(=O)O)NN[C@@H](CC(N)=O)C(=O)C(=O)[C@H](CO)NC(=O)[C@H](CO)NC(=O)[C@H](CC(=O)O)NC(=O)[C@H](CC(=O)O)NC1=O. The smallest absolute Gasteiger partial charge is 0.328 e. The highest BCUT2D eigenvalue weighted by Gasteiger charge is 2.41. The number of nitrogens with two attached hydrogens (primary N) is 5. The van der Waals surface area contributed by atoms with Crippen molar-refractivity contribution in [2.75, 3.05) is 39.5 Å². The number of carbonyl (C=O) groups is 17. The van der Waals surface area contributed by atoms with Crippen molar-refractivity contribution >= 4 is 106 Å². The van der Waals surface area contributed by atoms with E-state index in [1.54, 1.807) is 13.8 Å². The summed E-state index contributed by atoms with van der Waals surface area (Å²) in [5.41, 5.74) is 36.3. The van der Waals surface area contributed by atoms with Crippen LogP contribution in [-0.4, -0.2) is 271 Å². The second kappa shape index (κ2) is 52.0. The number of hydrazine groups is 3. The molecule has 4 rings (SSSR count). The molecule has 46 nitrogen and oxygen atoms in total. The number of phenols is 2. The van der Waals surface area contributed by atoms with E-state index in [1.807, 2.05) is 16.0 Å². The van der Waals surface area contributed by atoms with Crippen molar-refractivity contribution in [2.24, 2.45) is 34.7 Å². The summed E-state index contributed by atoms with van der Waals surface area (Å²) in [5, 5.41) is 111. The average molecular weight is 1710 g/mol. The lowest BCUT2D eigenvalue weighted by molar-refractivity contribution is -0.144. The first kappa shape index (κ1) is 101. The molecular formula is C75H111N21O25. The van der Waals surface area contributed by atoms with Gasteiger partial charge in [-0.1, -0.05) is 62.4 Å². The number of carboxylic acids is 3. The quantitative estimate of drug-likeness (QED) is 0.00624. The highest BCUT2D eigenvalue weighted by atomic mass is 16.4. The molecule has 666 valence electrons. The zero-order valence-electron chi connectivity index (χ0n) is 66.5. The van der Waals surface area contributed by atoms with Gasteiger partial charge in [0, 0.05) is 13.0 Å². The van der Waals surface area contributed by atoms with Crippen molar-refractivity contribution in [2.45, 2.75) is 201 Å². The van der Waals surface area contributed by atoms with Gasteiger partial charge in [-0.15, -0.1) is 0 Å². The van der Waals surface area contributed by atoms with Gasteiger partial charge in [0.05, 0.1) is 57.2 Å². The highest BCUT2D eigenvalue weighted by Crippen LogP contribution is 2.20. The summed E-state index contributed by atoms with van der Waals surface area (Å²) in [7, 11) is 0. The molecule has 0 fully saturated rings. The van der Waals surface area contributed by atoms with E-state index in [1.165, 1.54) is 72.8 Å². The van der Waals surface area contributed by atoms with Gasteiger partial charge in [-0.2, -0.15) is 0 Å². The lowest BCUT2D eigenvalue weighted by Crippen LogP contribution is -2.62. The Labute approximate surface area is 693 Å². The first-order valence-electron chi connectivity index (χ1n) is 38.6. The molecule has 46 heteroatoms. The fourth-order valence-electron chi connectivity index (χ4n) is 12.3. The molecule has 1 heterocycles. The average Bonchev–Trinajstić information content (AvgIpc) is 1.27. The van der Waals surface area contributed by atoms with Gasteiger partial charge in [0.1, 0.15) is 78.0 Å². The van der Waals surface area contributed by atoms with Gasteiger partial charge in [0.15, 0.2) is 5.96 Å². The van der Waals surface area contributed by atoms with E-state index in [2.05, 4.69) is 64.3 Å². The molecule has 10 amide bonds. The maximum Gasteiger partial charge on any atom is 0.328 e. The third kappa shape index (κ3) is 35.0. The zero-order valence-corrected chi connectivity index (χ0v) is 66.5. The number of rotatable bonds is 45. The molecule has 34 N–H and O–H groups in total. The molecule has 0 bridgehead atoms. The Bertz CT molecular complexity index is 4090. The molecule has 0 spiro atoms. The summed E-state index contributed by atoms with van der Waals surface area (Å²) in [4.78, 5) is 238. The number of hydrogen-bond acceptors (Lipinski definition) is 31. The van der Waals surface area contributed by atoms with Crippen LogP contribution in [0.15, 0.2) is 72.8 Å². The first-order valence-corrected chi connectivity index (χ1v) is 38.6.